The van der Waals surface area contributed by atoms with Gasteiger partial charge < -0.3 is 5.32 Å². The van der Waals surface area contributed by atoms with Crippen LogP contribution in [0, 0.1) is 5.82 Å². The number of carbonyl (C=O) groups is 3. The second kappa shape index (κ2) is 9.01. The van der Waals surface area contributed by atoms with E-state index in [1.54, 1.807) is 13.0 Å². The fourth-order valence-electron chi connectivity index (χ4n) is 3.75. The normalized spacial score (nSPS) is 15.9. The number of anilines is 2. The molecule has 1 atom stereocenters. The van der Waals surface area contributed by atoms with Gasteiger partial charge in [0, 0.05) is 11.4 Å². The molecule has 1 N–H and O–H groups in total. The second-order valence-electron chi connectivity index (χ2n) is 7.60. The Balaban J connectivity index is 1.47. The van der Waals surface area contributed by atoms with Gasteiger partial charge in [-0.05, 0) is 54.8 Å². The van der Waals surface area contributed by atoms with Crippen molar-refractivity contribution in [2.75, 3.05) is 16.8 Å². The summed E-state index contributed by atoms with van der Waals surface area (Å²) in [5.74, 6) is -1.39. The molecule has 3 aromatic carbocycles. The zero-order valence-corrected chi connectivity index (χ0v) is 17.5. The van der Waals surface area contributed by atoms with Crippen LogP contribution in [0.25, 0.3) is 0 Å². The largest absolute Gasteiger partial charge is 0.332 e. The predicted octanol–water partition coefficient (Wildman–Crippen LogP) is 4.21. The number of para-hydroxylation sites is 1. The van der Waals surface area contributed by atoms with Crippen LogP contribution in [0.5, 0.6) is 0 Å². The number of nitrogens with one attached hydrogen (secondary N) is 1. The summed E-state index contributed by atoms with van der Waals surface area (Å²) in [5, 5.41) is 2.82. The van der Waals surface area contributed by atoms with Gasteiger partial charge in [-0.2, -0.15) is 0 Å². The van der Waals surface area contributed by atoms with Crippen molar-refractivity contribution in [1.82, 2.24) is 4.90 Å². The molecule has 1 fully saturated rings. The Kier molecular flexibility index (Phi) is 5.98. The quantitative estimate of drug-likeness (QED) is 0.595. The van der Waals surface area contributed by atoms with Crippen LogP contribution in [0.1, 0.15) is 18.1 Å². The first kappa shape index (κ1) is 21.2. The number of carbonyl (C=O) groups excluding carboxylic acids is 3. The van der Waals surface area contributed by atoms with E-state index >= 15 is 0 Å². The summed E-state index contributed by atoms with van der Waals surface area (Å²) in [7, 11) is 0. The summed E-state index contributed by atoms with van der Waals surface area (Å²) < 4.78 is 13.2. The number of hydrogen-bond donors (Lipinski definition) is 1. The zero-order valence-electron chi connectivity index (χ0n) is 17.5. The van der Waals surface area contributed by atoms with Gasteiger partial charge in [0.1, 0.15) is 18.4 Å². The van der Waals surface area contributed by atoms with Gasteiger partial charge in [0.25, 0.3) is 5.91 Å². The van der Waals surface area contributed by atoms with Gasteiger partial charge in [-0.25, -0.2) is 9.18 Å². The molecule has 0 saturated carbocycles. The highest BCUT2D eigenvalue weighted by atomic mass is 19.1. The summed E-state index contributed by atoms with van der Waals surface area (Å²) in [6.45, 7) is 1.18. The third kappa shape index (κ3) is 4.37. The molecule has 162 valence electrons. The molecule has 1 aliphatic heterocycles. The Morgan fingerprint density at radius 2 is 1.59 bits per heavy atom. The number of hydrogen-bond acceptors (Lipinski definition) is 3. The molecule has 1 heterocycles. The number of rotatable bonds is 6. The van der Waals surface area contributed by atoms with Crippen molar-refractivity contribution in [3.63, 3.8) is 0 Å². The Morgan fingerprint density at radius 3 is 2.31 bits per heavy atom. The average molecular weight is 431 g/mol. The number of benzene rings is 3. The summed E-state index contributed by atoms with van der Waals surface area (Å²) in [6, 6.07) is 21.2. The van der Waals surface area contributed by atoms with E-state index in [4.69, 9.17) is 0 Å². The van der Waals surface area contributed by atoms with E-state index in [0.29, 0.717) is 17.8 Å². The molecule has 0 spiro atoms. The minimum atomic E-state index is -0.786. The maximum Gasteiger partial charge on any atom is 0.332 e. The molecule has 6 nitrogen and oxygen atoms in total. The van der Waals surface area contributed by atoms with Gasteiger partial charge in [0.2, 0.25) is 5.91 Å². The van der Waals surface area contributed by atoms with E-state index in [1.807, 2.05) is 48.5 Å². The van der Waals surface area contributed by atoms with Crippen molar-refractivity contribution in [1.29, 1.82) is 0 Å². The zero-order chi connectivity index (χ0) is 22.7. The summed E-state index contributed by atoms with van der Waals surface area (Å²) in [6.07, 6.45) is 0.633. The highest BCUT2D eigenvalue weighted by molar-refractivity contribution is 6.16. The number of amides is 4. The monoisotopic (exact) mass is 431 g/mol. The topological polar surface area (TPSA) is 69.7 Å². The Morgan fingerprint density at radius 1 is 0.938 bits per heavy atom. The van der Waals surface area contributed by atoms with Gasteiger partial charge in [-0.3, -0.25) is 19.4 Å². The van der Waals surface area contributed by atoms with Crippen LogP contribution in [0.3, 0.4) is 0 Å². The maximum absolute atomic E-state index is 13.2. The maximum atomic E-state index is 13.2. The number of halogens is 1. The predicted molar refractivity (Wildman–Crippen MR) is 120 cm³/mol. The Hall–Kier alpha value is -4.00. The third-order valence-corrected chi connectivity index (χ3v) is 5.38. The fourth-order valence-corrected chi connectivity index (χ4v) is 3.75. The molecule has 1 saturated heterocycles. The van der Waals surface area contributed by atoms with Crippen LogP contribution in [-0.2, 0) is 16.0 Å². The van der Waals surface area contributed by atoms with Crippen LogP contribution < -0.4 is 10.2 Å². The lowest BCUT2D eigenvalue weighted by atomic mass is 10.0. The molecule has 3 aromatic rings. The Labute approximate surface area is 185 Å². The minimum absolute atomic E-state index is 0.397. The van der Waals surface area contributed by atoms with Crippen molar-refractivity contribution in [2.45, 2.75) is 19.4 Å². The molecule has 4 rings (SSSR count). The van der Waals surface area contributed by atoms with E-state index in [1.165, 1.54) is 29.2 Å². The first-order valence-electron chi connectivity index (χ1n) is 10.3. The second-order valence-corrected chi connectivity index (χ2v) is 7.60. The summed E-state index contributed by atoms with van der Waals surface area (Å²) >= 11 is 0. The van der Waals surface area contributed by atoms with Gasteiger partial charge in [-0.15, -0.1) is 0 Å². The van der Waals surface area contributed by atoms with Gasteiger partial charge in [0.15, 0.2) is 0 Å². The molecule has 0 radical (unpaired) electrons. The minimum Gasteiger partial charge on any atom is -0.324 e. The average Bonchev–Trinajstić information content (AvgIpc) is 3.00. The molecule has 32 heavy (non-hydrogen) atoms. The highest BCUT2D eigenvalue weighted by Crippen LogP contribution is 2.26. The highest BCUT2D eigenvalue weighted by Gasteiger charge is 2.44. The standard InChI is InChI=1S/C25H22FN3O3/c1-17-24(31)28(25(32)29(17)21-13-11-20(26)12-14-21)16-23(30)27-22-10-6-5-9-19(22)15-18-7-3-2-4-8-18/h2-14,17H,15-16H2,1H3,(H,27,30). The van der Waals surface area contributed by atoms with E-state index in [-0.39, 0.29) is 0 Å². The lowest BCUT2D eigenvalue weighted by Gasteiger charge is -2.19. The van der Waals surface area contributed by atoms with Crippen molar-refractivity contribution in [2.24, 2.45) is 0 Å². The number of urea groups is 1. The van der Waals surface area contributed by atoms with E-state index in [2.05, 4.69) is 5.32 Å². The van der Waals surface area contributed by atoms with Crippen molar-refractivity contribution >= 4 is 29.2 Å². The van der Waals surface area contributed by atoms with Crippen molar-refractivity contribution in [3.8, 4) is 0 Å². The molecule has 1 aliphatic rings. The Bertz CT molecular complexity index is 1150. The number of nitrogens with zero attached hydrogens (tertiary/aromatic N) is 2. The van der Waals surface area contributed by atoms with Crippen LogP contribution in [0.4, 0.5) is 20.6 Å². The van der Waals surface area contributed by atoms with Gasteiger partial charge >= 0.3 is 6.03 Å². The van der Waals surface area contributed by atoms with Gasteiger partial charge in [-0.1, -0.05) is 48.5 Å². The summed E-state index contributed by atoms with van der Waals surface area (Å²) in [4.78, 5) is 40.5. The van der Waals surface area contributed by atoms with Crippen LogP contribution in [-0.4, -0.2) is 35.3 Å². The smallest absolute Gasteiger partial charge is 0.324 e. The molecule has 0 bridgehead atoms. The first-order chi connectivity index (χ1) is 15.4. The third-order valence-electron chi connectivity index (χ3n) is 5.38. The van der Waals surface area contributed by atoms with Crippen LogP contribution >= 0.6 is 0 Å². The molecule has 1 unspecified atom stereocenters. The molecule has 4 amide bonds. The van der Waals surface area contributed by atoms with Crippen molar-refractivity contribution < 1.29 is 18.8 Å². The van der Waals surface area contributed by atoms with Crippen molar-refractivity contribution in [3.05, 3.63) is 95.8 Å². The van der Waals surface area contributed by atoms with Crippen LogP contribution in [0.2, 0.25) is 0 Å². The van der Waals surface area contributed by atoms with Gasteiger partial charge in [0.05, 0.1) is 0 Å². The summed E-state index contributed by atoms with van der Waals surface area (Å²) in [5.41, 5.74) is 3.05. The number of imide groups is 1. The molecule has 7 heteroatoms. The lowest BCUT2D eigenvalue weighted by molar-refractivity contribution is -0.130. The van der Waals surface area contributed by atoms with E-state index < -0.39 is 36.2 Å². The van der Waals surface area contributed by atoms with E-state index in [0.717, 1.165) is 16.0 Å². The molecule has 0 aliphatic carbocycles. The molecular weight excluding hydrogens is 409 g/mol. The molecular formula is C25H22FN3O3. The van der Waals surface area contributed by atoms with E-state index in [9.17, 15) is 18.8 Å². The SMILES string of the molecule is CC1C(=O)N(CC(=O)Nc2ccccc2Cc2ccccc2)C(=O)N1c1ccc(F)cc1. The molecule has 0 aromatic heterocycles. The first-order valence-corrected chi connectivity index (χ1v) is 10.3. The lowest BCUT2D eigenvalue weighted by Crippen LogP contribution is -2.39. The fraction of sp³-hybridized carbons (Fsp3) is 0.160. The van der Waals surface area contributed by atoms with Crippen LogP contribution in [0.15, 0.2) is 78.9 Å².